The van der Waals surface area contributed by atoms with Gasteiger partial charge in [0.25, 0.3) is 5.69 Å². The molecule has 116 valence electrons. The Morgan fingerprint density at radius 1 is 1.52 bits per heavy atom. The molecule has 1 aliphatic rings. The maximum atomic E-state index is 10.9. The van der Waals surface area contributed by atoms with Crippen LogP contribution in [0.2, 0.25) is 0 Å². The molecule has 1 aromatic carbocycles. The van der Waals surface area contributed by atoms with Crippen LogP contribution >= 0.6 is 0 Å². The van der Waals surface area contributed by atoms with Crippen LogP contribution in [0.4, 0.5) is 11.4 Å². The molecule has 1 aliphatic heterocycles. The summed E-state index contributed by atoms with van der Waals surface area (Å²) in [6.07, 6.45) is 2.39. The molecule has 1 heterocycles. The molecule has 2 rings (SSSR count). The van der Waals surface area contributed by atoms with Crippen molar-refractivity contribution in [3.63, 3.8) is 0 Å². The summed E-state index contributed by atoms with van der Waals surface area (Å²) in [6.45, 7) is 2.93. The molecule has 0 aliphatic carbocycles. The van der Waals surface area contributed by atoms with E-state index in [1.54, 1.807) is 18.2 Å². The van der Waals surface area contributed by atoms with Gasteiger partial charge in [-0.2, -0.15) is 0 Å². The minimum absolute atomic E-state index is 0.151. The normalized spacial score (nSPS) is 19.7. The Kier molecular flexibility index (Phi) is 5.14. The minimum atomic E-state index is -0.336. The van der Waals surface area contributed by atoms with E-state index in [4.69, 9.17) is 0 Å². The first-order valence-electron chi connectivity index (χ1n) is 7.35. The van der Waals surface area contributed by atoms with Gasteiger partial charge >= 0.3 is 0 Å². The van der Waals surface area contributed by atoms with Gasteiger partial charge in [0.2, 0.25) is 0 Å². The molecular weight excluding hydrogens is 268 g/mol. The van der Waals surface area contributed by atoms with Gasteiger partial charge in [0.1, 0.15) is 0 Å². The van der Waals surface area contributed by atoms with Crippen molar-refractivity contribution >= 4 is 11.4 Å². The molecular formula is C15H24N4O2. The fourth-order valence-electron chi connectivity index (χ4n) is 2.97. The highest BCUT2D eigenvalue weighted by Gasteiger charge is 2.22. The predicted octanol–water partition coefficient (Wildman–Crippen LogP) is 2.16. The monoisotopic (exact) mass is 292 g/mol. The number of nitrogens with zero attached hydrogens (tertiary/aromatic N) is 3. The zero-order chi connectivity index (χ0) is 15.4. The summed E-state index contributed by atoms with van der Waals surface area (Å²) in [6, 6.07) is 5.51. The van der Waals surface area contributed by atoms with Crippen LogP contribution in [0.5, 0.6) is 0 Å². The number of rotatable bonds is 5. The van der Waals surface area contributed by atoms with Crippen molar-refractivity contribution in [2.45, 2.75) is 25.4 Å². The van der Waals surface area contributed by atoms with Crippen molar-refractivity contribution in [3.05, 3.63) is 33.9 Å². The van der Waals surface area contributed by atoms with E-state index in [-0.39, 0.29) is 10.6 Å². The largest absolute Gasteiger partial charge is 0.388 e. The Hall–Kier alpha value is -1.66. The lowest BCUT2D eigenvalue weighted by atomic mass is 10.0. The van der Waals surface area contributed by atoms with E-state index >= 15 is 0 Å². The van der Waals surface area contributed by atoms with Crippen LogP contribution in [0.3, 0.4) is 0 Å². The number of likely N-dealkylation sites (tertiary alicyclic amines) is 1. The topological polar surface area (TPSA) is 61.7 Å². The van der Waals surface area contributed by atoms with Gasteiger partial charge in [0.05, 0.1) is 4.92 Å². The van der Waals surface area contributed by atoms with Gasteiger partial charge in [-0.3, -0.25) is 15.0 Å². The van der Waals surface area contributed by atoms with Crippen LogP contribution in [-0.4, -0.2) is 55.0 Å². The average Bonchev–Trinajstić information content (AvgIpc) is 2.47. The number of nitro groups is 1. The maximum Gasteiger partial charge on any atom is 0.269 e. The molecule has 0 bridgehead atoms. The second-order valence-electron chi connectivity index (χ2n) is 5.82. The summed E-state index contributed by atoms with van der Waals surface area (Å²) in [7, 11) is 6.09. The number of nitro benzene ring substituents is 1. The van der Waals surface area contributed by atoms with Crippen molar-refractivity contribution in [2.75, 3.05) is 39.5 Å². The first kappa shape index (κ1) is 15.7. The molecule has 1 saturated heterocycles. The van der Waals surface area contributed by atoms with Gasteiger partial charge in [0.15, 0.2) is 0 Å². The highest BCUT2D eigenvalue weighted by molar-refractivity contribution is 5.55. The van der Waals surface area contributed by atoms with E-state index in [1.165, 1.54) is 12.8 Å². The number of hydrogen-bond acceptors (Lipinski definition) is 5. The molecule has 1 atom stereocenters. The third kappa shape index (κ3) is 3.92. The number of likely N-dealkylation sites (N-methyl/N-ethyl adjacent to an activating group) is 2. The molecule has 0 aromatic heterocycles. The third-order valence-electron chi connectivity index (χ3n) is 4.21. The smallest absolute Gasteiger partial charge is 0.269 e. The number of hydrogen-bond donors (Lipinski definition) is 1. The number of anilines is 1. The molecule has 6 nitrogen and oxygen atoms in total. The van der Waals surface area contributed by atoms with Crippen molar-refractivity contribution < 1.29 is 4.92 Å². The van der Waals surface area contributed by atoms with Crippen molar-refractivity contribution in [3.8, 4) is 0 Å². The lowest BCUT2D eigenvalue weighted by Crippen LogP contribution is -2.44. The summed E-state index contributed by atoms with van der Waals surface area (Å²) < 4.78 is 0. The molecule has 0 spiro atoms. The quantitative estimate of drug-likeness (QED) is 0.665. The van der Waals surface area contributed by atoms with Gasteiger partial charge in [-0.05, 0) is 45.1 Å². The van der Waals surface area contributed by atoms with Crippen LogP contribution in [0.1, 0.15) is 18.4 Å². The molecule has 0 radical (unpaired) electrons. The van der Waals surface area contributed by atoms with E-state index in [0.29, 0.717) is 6.04 Å². The summed E-state index contributed by atoms with van der Waals surface area (Å²) >= 11 is 0. The second kappa shape index (κ2) is 6.87. The van der Waals surface area contributed by atoms with E-state index in [2.05, 4.69) is 29.2 Å². The Labute approximate surface area is 125 Å². The van der Waals surface area contributed by atoms with Crippen molar-refractivity contribution in [1.82, 2.24) is 9.80 Å². The summed E-state index contributed by atoms with van der Waals surface area (Å²) in [4.78, 5) is 15.3. The van der Waals surface area contributed by atoms with Gasteiger partial charge < -0.3 is 10.2 Å². The number of non-ortho nitro benzene ring substituents is 1. The molecule has 0 amide bonds. The zero-order valence-corrected chi connectivity index (χ0v) is 13.0. The van der Waals surface area contributed by atoms with Crippen LogP contribution in [0.25, 0.3) is 0 Å². The van der Waals surface area contributed by atoms with E-state index in [0.717, 1.165) is 30.9 Å². The van der Waals surface area contributed by atoms with E-state index in [1.807, 2.05) is 7.05 Å². The fourth-order valence-corrected chi connectivity index (χ4v) is 2.97. The van der Waals surface area contributed by atoms with Crippen LogP contribution in [0.15, 0.2) is 18.2 Å². The molecule has 1 N–H and O–H groups in total. The maximum absolute atomic E-state index is 10.9. The van der Waals surface area contributed by atoms with Crippen molar-refractivity contribution in [1.29, 1.82) is 0 Å². The molecule has 1 unspecified atom stereocenters. The van der Waals surface area contributed by atoms with Crippen molar-refractivity contribution in [2.24, 2.45) is 0 Å². The SMILES string of the molecule is CNc1ccc([N+](=O)[O-])cc1CN(C)C1CCCN(C)C1. The fraction of sp³-hybridized carbons (Fsp3) is 0.600. The van der Waals surface area contributed by atoms with Crippen LogP contribution in [-0.2, 0) is 6.54 Å². The van der Waals surface area contributed by atoms with Gasteiger partial charge in [0, 0.05) is 44.0 Å². The van der Waals surface area contributed by atoms with Gasteiger partial charge in [-0.15, -0.1) is 0 Å². The minimum Gasteiger partial charge on any atom is -0.388 e. The average molecular weight is 292 g/mol. The second-order valence-corrected chi connectivity index (χ2v) is 5.82. The van der Waals surface area contributed by atoms with E-state index in [9.17, 15) is 10.1 Å². The van der Waals surface area contributed by atoms with E-state index < -0.39 is 0 Å². The van der Waals surface area contributed by atoms with Crippen LogP contribution in [0, 0.1) is 10.1 Å². The lowest BCUT2D eigenvalue weighted by Gasteiger charge is -2.36. The Balaban J connectivity index is 2.13. The van der Waals surface area contributed by atoms with Gasteiger partial charge in [-0.1, -0.05) is 0 Å². The first-order chi connectivity index (χ1) is 10.0. The predicted molar refractivity (Wildman–Crippen MR) is 84.6 cm³/mol. The third-order valence-corrected chi connectivity index (χ3v) is 4.21. The number of nitrogens with one attached hydrogen (secondary N) is 1. The van der Waals surface area contributed by atoms with Crippen LogP contribution < -0.4 is 5.32 Å². The number of piperidine rings is 1. The number of benzene rings is 1. The zero-order valence-electron chi connectivity index (χ0n) is 13.0. The molecule has 21 heavy (non-hydrogen) atoms. The Morgan fingerprint density at radius 3 is 2.90 bits per heavy atom. The standard InChI is InChI=1S/C15H24N4O2/c1-16-15-7-6-13(19(20)21)9-12(15)10-18(3)14-5-4-8-17(2)11-14/h6-7,9,14,16H,4-5,8,10-11H2,1-3H3. The summed E-state index contributed by atoms with van der Waals surface area (Å²) in [5, 5.41) is 14.1. The molecule has 1 fully saturated rings. The molecule has 1 aromatic rings. The first-order valence-corrected chi connectivity index (χ1v) is 7.35. The lowest BCUT2D eigenvalue weighted by molar-refractivity contribution is -0.384. The molecule has 6 heteroatoms. The molecule has 0 saturated carbocycles. The highest BCUT2D eigenvalue weighted by atomic mass is 16.6. The highest BCUT2D eigenvalue weighted by Crippen LogP contribution is 2.24. The van der Waals surface area contributed by atoms with Gasteiger partial charge in [-0.25, -0.2) is 0 Å². The summed E-state index contributed by atoms with van der Waals surface area (Å²) in [5.41, 5.74) is 2.08. The Morgan fingerprint density at radius 2 is 2.29 bits per heavy atom. The Bertz CT molecular complexity index is 506. The summed E-state index contributed by atoms with van der Waals surface area (Å²) in [5.74, 6) is 0.